The fourth-order valence-corrected chi connectivity index (χ4v) is 20.8. The van der Waals surface area contributed by atoms with E-state index in [0.717, 1.165) is 32.5 Å². The van der Waals surface area contributed by atoms with Crippen LogP contribution in [-0.2, 0) is 37.4 Å². The molecule has 0 atom stereocenters. The van der Waals surface area contributed by atoms with Crippen molar-refractivity contribution >= 4 is 95.3 Å². The van der Waals surface area contributed by atoms with E-state index in [4.69, 9.17) is 9.47 Å². The van der Waals surface area contributed by atoms with Crippen LogP contribution in [0.1, 0.15) is 65.0 Å². The van der Waals surface area contributed by atoms with Crippen molar-refractivity contribution in [1.29, 1.82) is 0 Å². The van der Waals surface area contributed by atoms with Gasteiger partial charge in [0.1, 0.15) is 0 Å². The molecule has 400 valence electrons. The third-order valence-electron chi connectivity index (χ3n) is 14.3. The van der Waals surface area contributed by atoms with Crippen molar-refractivity contribution in [3.8, 4) is 0 Å². The van der Waals surface area contributed by atoms with E-state index < -0.39 is 31.7 Å². The van der Waals surface area contributed by atoms with Crippen molar-refractivity contribution in [3.63, 3.8) is 0 Å². The Labute approximate surface area is 480 Å². The van der Waals surface area contributed by atoms with Gasteiger partial charge in [-0.25, -0.2) is 15.8 Å². The van der Waals surface area contributed by atoms with E-state index in [1.807, 2.05) is 0 Å². The standard InChI is InChI=1S/C38H39O2P2.C33H31P2.Fe/c1-38(2,25-24-37-39-26-15-27-40-37)30-28-35(41(31-16-7-3-8-17-31)32-18-9-4-10-19-32)36(29-30)42(33-20-11-5-12-21-33)34-22-13-6-14-23-34;1-33(2,3)26-24-31(34(27-16-8-4-9-17-27)28-18-10-5-11-19-28)32(25-26)35(29-20-12-6-13-21-29)30-22-14-7-15-23-30;/h3-14,16-23,28-29,37H,15,24-27H2,1-2H3;4-25H,1-3H3;/q-5;-1;. The molecule has 78 heavy (non-hydrogen) atoms. The first-order chi connectivity index (χ1) is 37.6. The maximum atomic E-state index is 5.93. The molecule has 0 spiro atoms. The molecule has 0 radical (unpaired) electrons. The summed E-state index contributed by atoms with van der Waals surface area (Å²) in [5.74, 6) is 0. The molecular formula is C71H70FeO2P4-6. The summed E-state index contributed by atoms with van der Waals surface area (Å²) in [5, 5.41) is 17.0. The molecule has 10 aromatic carbocycles. The normalized spacial score (nSPS) is 13.1. The van der Waals surface area contributed by atoms with Crippen molar-refractivity contribution in [3.05, 3.63) is 278 Å². The molecule has 0 aliphatic carbocycles. The van der Waals surface area contributed by atoms with E-state index in [1.165, 1.54) is 74.8 Å². The molecule has 1 aliphatic rings. The van der Waals surface area contributed by atoms with E-state index in [9.17, 15) is 0 Å². The molecular weight excluding hydrogens is 1060 g/mol. The van der Waals surface area contributed by atoms with Gasteiger partial charge in [0.2, 0.25) is 0 Å². The molecule has 0 amide bonds. The summed E-state index contributed by atoms with van der Waals surface area (Å²) < 4.78 is 11.9. The van der Waals surface area contributed by atoms with Crippen LogP contribution in [0, 0.1) is 0 Å². The molecule has 1 fully saturated rings. The van der Waals surface area contributed by atoms with Crippen molar-refractivity contribution in [2.45, 2.75) is 71.0 Å². The fourth-order valence-electron chi connectivity index (χ4n) is 10.2. The largest absolute Gasteiger partial charge is 0.738 e. The molecule has 11 rings (SSSR count). The molecule has 1 saturated heterocycles. The zero-order valence-electron chi connectivity index (χ0n) is 45.5. The first-order valence-electron chi connectivity index (χ1n) is 27.1. The third kappa shape index (κ3) is 14.0. The molecule has 0 bridgehead atoms. The second-order valence-corrected chi connectivity index (χ2v) is 30.0. The van der Waals surface area contributed by atoms with Crippen LogP contribution >= 0.6 is 31.7 Å². The zero-order chi connectivity index (χ0) is 53.0. The van der Waals surface area contributed by atoms with Crippen LogP contribution in [-0.4, -0.2) is 19.5 Å². The molecule has 2 nitrogen and oxygen atoms in total. The van der Waals surface area contributed by atoms with Crippen LogP contribution in [0.4, 0.5) is 0 Å². The van der Waals surface area contributed by atoms with Gasteiger partial charge in [-0.2, -0.15) is 33.7 Å². The molecule has 1 aliphatic heterocycles. The van der Waals surface area contributed by atoms with Crippen LogP contribution in [0.3, 0.4) is 0 Å². The van der Waals surface area contributed by atoms with Gasteiger partial charge in [0, 0.05) is 17.1 Å². The van der Waals surface area contributed by atoms with Gasteiger partial charge in [0.15, 0.2) is 6.29 Å². The predicted molar refractivity (Wildman–Crippen MR) is 340 cm³/mol. The third-order valence-corrected chi connectivity index (χ3v) is 24.6. The summed E-state index contributed by atoms with van der Waals surface area (Å²) in [4.78, 5) is 0. The summed E-state index contributed by atoms with van der Waals surface area (Å²) in [6, 6.07) is 98.9. The number of hydrogen-bond acceptors (Lipinski definition) is 2. The van der Waals surface area contributed by atoms with E-state index in [2.05, 4.69) is 302 Å². The quantitative estimate of drug-likeness (QED) is 0.0545. The van der Waals surface area contributed by atoms with Crippen molar-refractivity contribution < 1.29 is 26.5 Å². The average Bonchev–Trinajstić information content (AvgIpc) is 4.14. The number of benzene rings is 8. The summed E-state index contributed by atoms with van der Waals surface area (Å²) >= 11 is 0. The topological polar surface area (TPSA) is 18.5 Å². The Morgan fingerprint density at radius 2 is 0.679 bits per heavy atom. The SMILES string of the molecule is CC(C)(C)[c-]1cc(P(c2ccccc2)c2ccccc2)c(P(c2ccccc2)c2ccccc2)c1.CC(C)(CCC1OCCCO1)[c-]1[cH-][c-](P(c2ccccc2)c2ccccc2)[c-](P(c2ccccc2)c2ccccc2)[cH-]1.[Fe]. The van der Waals surface area contributed by atoms with E-state index in [-0.39, 0.29) is 34.2 Å². The molecule has 7 heteroatoms. The van der Waals surface area contributed by atoms with E-state index in [1.54, 1.807) is 0 Å². The second-order valence-electron chi connectivity index (χ2n) is 21.3. The van der Waals surface area contributed by atoms with Crippen LogP contribution in [0.5, 0.6) is 0 Å². The summed E-state index contributed by atoms with van der Waals surface area (Å²) in [7, 11) is -2.90. The van der Waals surface area contributed by atoms with Crippen molar-refractivity contribution in [2.75, 3.05) is 13.2 Å². The summed E-state index contributed by atoms with van der Waals surface area (Å²) in [6.45, 7) is 13.4. The smallest absolute Gasteiger partial charge is 0.157 e. The van der Waals surface area contributed by atoms with Crippen LogP contribution in [0.2, 0.25) is 0 Å². The average molecular weight is 1140 g/mol. The van der Waals surface area contributed by atoms with Gasteiger partial charge in [-0.3, -0.25) is 0 Å². The van der Waals surface area contributed by atoms with Gasteiger partial charge >= 0.3 is 0 Å². The first-order valence-corrected chi connectivity index (χ1v) is 32.5. The van der Waals surface area contributed by atoms with Gasteiger partial charge in [-0.15, -0.1) is 0 Å². The van der Waals surface area contributed by atoms with Crippen LogP contribution < -0.4 is 63.7 Å². The van der Waals surface area contributed by atoms with E-state index in [0.29, 0.717) is 0 Å². The molecule has 0 saturated carbocycles. The Hall–Kier alpha value is -5.38. The minimum absolute atomic E-state index is 0. The Bertz CT molecular complexity index is 2980. The van der Waals surface area contributed by atoms with Gasteiger partial charge < -0.3 is 37.8 Å². The maximum absolute atomic E-state index is 5.93. The molecule has 1 heterocycles. The first kappa shape index (κ1) is 57.3. The number of hydrogen-bond donors (Lipinski definition) is 0. The van der Waals surface area contributed by atoms with Gasteiger partial charge in [0.25, 0.3) is 0 Å². The number of rotatable bonds is 16. The molecule has 0 aromatic heterocycles. The fraction of sp³-hybridized carbons (Fsp3) is 0.183. The van der Waals surface area contributed by atoms with Crippen LogP contribution in [0.15, 0.2) is 267 Å². The Balaban J connectivity index is 0.000000190. The van der Waals surface area contributed by atoms with Gasteiger partial charge in [-0.05, 0) is 34.1 Å². The Kier molecular flexibility index (Phi) is 20.0. The summed E-state index contributed by atoms with van der Waals surface area (Å²) in [6.07, 6.45) is 2.80. The second kappa shape index (κ2) is 27.2. The number of ether oxygens (including phenoxy) is 2. The van der Waals surface area contributed by atoms with Gasteiger partial charge in [-0.1, -0.05) is 326 Å². The Morgan fingerprint density at radius 1 is 0.410 bits per heavy atom. The van der Waals surface area contributed by atoms with Gasteiger partial charge in [0.05, 0.1) is 13.2 Å². The van der Waals surface area contributed by atoms with Crippen LogP contribution in [0.25, 0.3) is 0 Å². The monoisotopic (exact) mass is 1130 g/mol. The minimum atomic E-state index is -0.761. The van der Waals surface area contributed by atoms with Crippen molar-refractivity contribution in [2.24, 2.45) is 0 Å². The molecule has 0 unspecified atom stereocenters. The maximum Gasteiger partial charge on any atom is 0.157 e. The Morgan fingerprint density at radius 3 is 0.949 bits per heavy atom. The van der Waals surface area contributed by atoms with E-state index >= 15 is 0 Å². The zero-order valence-corrected chi connectivity index (χ0v) is 50.2. The minimum Gasteiger partial charge on any atom is -0.738 e. The van der Waals surface area contributed by atoms with Crippen molar-refractivity contribution in [1.82, 2.24) is 0 Å². The molecule has 10 aromatic rings. The summed E-state index contributed by atoms with van der Waals surface area (Å²) in [5.41, 5.74) is 2.87. The predicted octanol–water partition coefficient (Wildman–Crippen LogP) is 13.0. The molecule has 0 N–H and O–H groups in total.